The van der Waals surface area contributed by atoms with Crippen LogP contribution in [0.4, 0.5) is 0 Å². The number of nitrogens with two attached hydrogens (primary N) is 1. The van der Waals surface area contributed by atoms with Crippen LogP contribution in [0.2, 0.25) is 10.3 Å². The van der Waals surface area contributed by atoms with Crippen molar-refractivity contribution in [2.45, 2.75) is 25.5 Å². The van der Waals surface area contributed by atoms with Crippen LogP contribution in [0.25, 0.3) is 11.0 Å². The summed E-state index contributed by atoms with van der Waals surface area (Å²) in [6.45, 7) is 0.0471. The van der Waals surface area contributed by atoms with Crippen LogP contribution in [0.3, 0.4) is 0 Å². The molecule has 3 rings (SSSR count). The van der Waals surface area contributed by atoms with Gasteiger partial charge in [0.25, 0.3) is 0 Å². The van der Waals surface area contributed by atoms with Gasteiger partial charge in [-0.3, -0.25) is 4.79 Å². The van der Waals surface area contributed by atoms with E-state index in [4.69, 9.17) is 33.7 Å². The van der Waals surface area contributed by atoms with Gasteiger partial charge in [-0.1, -0.05) is 23.2 Å². The fourth-order valence-corrected chi connectivity index (χ4v) is 3.01. The van der Waals surface area contributed by atoms with Crippen LogP contribution in [0.1, 0.15) is 17.5 Å². The SMILES string of the molecule is Cl.Cl.N[C@@H](CCc1c[nH]c2ncccc12)C(=O)OCc1cc(Cl)nc(Cl)c1. The van der Waals surface area contributed by atoms with Crippen LogP contribution >= 0.6 is 48.0 Å². The molecule has 3 N–H and O–H groups in total. The van der Waals surface area contributed by atoms with Gasteiger partial charge in [-0.25, -0.2) is 9.97 Å². The van der Waals surface area contributed by atoms with E-state index in [1.165, 1.54) is 0 Å². The Morgan fingerprint density at radius 2 is 1.96 bits per heavy atom. The van der Waals surface area contributed by atoms with Crippen LogP contribution in [-0.4, -0.2) is 27.0 Å². The van der Waals surface area contributed by atoms with Crippen molar-refractivity contribution < 1.29 is 9.53 Å². The second-order valence-corrected chi connectivity index (χ2v) is 6.36. The summed E-state index contributed by atoms with van der Waals surface area (Å²) < 4.78 is 5.23. The minimum atomic E-state index is -0.714. The van der Waals surface area contributed by atoms with Crippen molar-refractivity contribution in [3.05, 3.63) is 58.1 Å². The molecule has 0 radical (unpaired) electrons. The fraction of sp³-hybridized carbons (Fsp3) is 0.235. The van der Waals surface area contributed by atoms with E-state index in [1.54, 1.807) is 18.3 Å². The molecular formula is C17H18Cl4N4O2. The largest absolute Gasteiger partial charge is 0.460 e. The molecule has 3 aromatic rings. The summed E-state index contributed by atoms with van der Waals surface area (Å²) in [6.07, 6.45) is 4.73. The number of esters is 1. The first-order chi connectivity index (χ1) is 12.0. The topological polar surface area (TPSA) is 93.9 Å². The summed E-state index contributed by atoms with van der Waals surface area (Å²) in [6, 6.07) is 6.32. The average molecular weight is 452 g/mol. The molecule has 0 unspecified atom stereocenters. The smallest absolute Gasteiger partial charge is 0.323 e. The molecule has 0 bridgehead atoms. The number of nitrogens with zero attached hydrogens (tertiary/aromatic N) is 2. The van der Waals surface area contributed by atoms with Gasteiger partial charge in [0.05, 0.1) is 0 Å². The third kappa shape index (κ3) is 6.23. The molecule has 0 spiro atoms. The zero-order valence-corrected chi connectivity index (χ0v) is 17.2. The van der Waals surface area contributed by atoms with Crippen molar-refractivity contribution in [2.75, 3.05) is 0 Å². The molecule has 0 saturated heterocycles. The van der Waals surface area contributed by atoms with Crippen LogP contribution in [0.5, 0.6) is 0 Å². The van der Waals surface area contributed by atoms with Crippen molar-refractivity contribution in [1.29, 1.82) is 0 Å². The number of hydrogen-bond donors (Lipinski definition) is 2. The van der Waals surface area contributed by atoms with Crippen LogP contribution in [-0.2, 0) is 22.6 Å². The summed E-state index contributed by atoms with van der Waals surface area (Å²) in [5.74, 6) is -0.470. The molecule has 6 nitrogen and oxygen atoms in total. The van der Waals surface area contributed by atoms with E-state index in [0.29, 0.717) is 18.4 Å². The highest BCUT2D eigenvalue weighted by atomic mass is 35.5. The van der Waals surface area contributed by atoms with E-state index in [9.17, 15) is 4.79 Å². The highest BCUT2D eigenvalue weighted by Gasteiger charge is 2.16. The lowest BCUT2D eigenvalue weighted by atomic mass is 10.1. The molecule has 0 saturated carbocycles. The van der Waals surface area contributed by atoms with Crippen molar-refractivity contribution in [2.24, 2.45) is 5.73 Å². The van der Waals surface area contributed by atoms with E-state index in [0.717, 1.165) is 16.6 Å². The number of pyridine rings is 2. The summed E-state index contributed by atoms with van der Waals surface area (Å²) in [5, 5.41) is 1.52. The van der Waals surface area contributed by atoms with Gasteiger partial charge in [-0.2, -0.15) is 0 Å². The number of rotatable bonds is 6. The molecule has 27 heavy (non-hydrogen) atoms. The van der Waals surface area contributed by atoms with E-state index in [-0.39, 0.29) is 41.7 Å². The number of hydrogen-bond acceptors (Lipinski definition) is 5. The van der Waals surface area contributed by atoms with Gasteiger partial charge in [-0.05, 0) is 48.2 Å². The first kappa shape index (κ1) is 23.5. The third-order valence-corrected chi connectivity index (χ3v) is 4.16. The van der Waals surface area contributed by atoms with Gasteiger partial charge in [0.2, 0.25) is 0 Å². The highest BCUT2D eigenvalue weighted by Crippen LogP contribution is 2.18. The molecule has 3 heterocycles. The van der Waals surface area contributed by atoms with Crippen LogP contribution < -0.4 is 5.73 Å². The Labute approximate surface area is 178 Å². The monoisotopic (exact) mass is 450 g/mol. The molecule has 0 aromatic carbocycles. The second kappa shape index (κ2) is 10.7. The Bertz CT molecular complexity index is 883. The molecular weight excluding hydrogens is 434 g/mol. The van der Waals surface area contributed by atoms with Gasteiger partial charge < -0.3 is 15.5 Å². The zero-order chi connectivity index (χ0) is 17.8. The molecule has 10 heteroatoms. The predicted octanol–water partition coefficient (Wildman–Crippen LogP) is 4.11. The third-order valence-electron chi connectivity index (χ3n) is 3.77. The Hall–Kier alpha value is -1.57. The summed E-state index contributed by atoms with van der Waals surface area (Å²) in [7, 11) is 0. The quantitative estimate of drug-likeness (QED) is 0.434. The lowest BCUT2D eigenvalue weighted by Gasteiger charge is -2.11. The number of ether oxygens (including phenoxy) is 1. The van der Waals surface area contributed by atoms with E-state index in [1.807, 2.05) is 18.3 Å². The van der Waals surface area contributed by atoms with Crippen molar-refractivity contribution in [1.82, 2.24) is 15.0 Å². The van der Waals surface area contributed by atoms with E-state index >= 15 is 0 Å². The Balaban J connectivity index is 0.00000182. The summed E-state index contributed by atoms with van der Waals surface area (Å²) >= 11 is 11.6. The lowest BCUT2D eigenvalue weighted by molar-refractivity contribution is -0.146. The second-order valence-electron chi connectivity index (χ2n) is 5.59. The fourth-order valence-electron chi connectivity index (χ4n) is 2.51. The maximum absolute atomic E-state index is 12.1. The Morgan fingerprint density at radius 3 is 2.67 bits per heavy atom. The van der Waals surface area contributed by atoms with E-state index < -0.39 is 12.0 Å². The predicted molar refractivity (Wildman–Crippen MR) is 111 cm³/mol. The highest BCUT2D eigenvalue weighted by molar-refractivity contribution is 6.32. The summed E-state index contributed by atoms with van der Waals surface area (Å²) in [4.78, 5) is 23.2. The molecule has 0 aliphatic rings. The maximum Gasteiger partial charge on any atom is 0.323 e. The number of halogens is 4. The normalized spacial score (nSPS) is 11.4. The zero-order valence-electron chi connectivity index (χ0n) is 14.0. The maximum atomic E-state index is 12.1. The van der Waals surface area contributed by atoms with Gasteiger partial charge >= 0.3 is 5.97 Å². The van der Waals surface area contributed by atoms with Crippen LogP contribution in [0, 0.1) is 0 Å². The molecule has 1 atom stereocenters. The Morgan fingerprint density at radius 1 is 1.26 bits per heavy atom. The molecule has 3 aromatic heterocycles. The number of carbonyl (C=O) groups is 1. The molecule has 146 valence electrons. The van der Waals surface area contributed by atoms with Gasteiger partial charge in [-0.15, -0.1) is 24.8 Å². The number of nitrogens with one attached hydrogen (secondary N) is 1. The molecule has 0 amide bonds. The number of aromatic nitrogens is 3. The van der Waals surface area contributed by atoms with Crippen molar-refractivity contribution in [3.8, 4) is 0 Å². The Kier molecular flexibility index (Phi) is 9.29. The van der Waals surface area contributed by atoms with Gasteiger partial charge in [0, 0.05) is 17.8 Å². The number of fused-ring (bicyclic) bond motifs is 1. The molecule has 0 aliphatic heterocycles. The molecule has 0 aliphatic carbocycles. The van der Waals surface area contributed by atoms with Gasteiger partial charge in [0.1, 0.15) is 28.6 Å². The minimum Gasteiger partial charge on any atom is -0.460 e. The first-order valence-electron chi connectivity index (χ1n) is 7.68. The standard InChI is InChI=1S/C17H16Cl2N4O2.2ClH/c18-14-6-10(7-15(19)23-14)9-25-17(24)13(20)4-3-11-8-22-16-12(11)2-1-5-21-16;;/h1-2,5-8,13H,3-4,9,20H2,(H,21,22);2*1H/t13-;;/m0../s1. The van der Waals surface area contributed by atoms with Crippen LogP contribution in [0.15, 0.2) is 36.7 Å². The van der Waals surface area contributed by atoms with E-state index in [2.05, 4.69) is 15.0 Å². The van der Waals surface area contributed by atoms with Crippen molar-refractivity contribution >= 4 is 65.0 Å². The minimum absolute atomic E-state index is 0. The molecule has 0 fully saturated rings. The van der Waals surface area contributed by atoms with Crippen molar-refractivity contribution in [3.63, 3.8) is 0 Å². The number of aryl methyl sites for hydroxylation is 1. The lowest BCUT2D eigenvalue weighted by Crippen LogP contribution is -2.32. The average Bonchev–Trinajstić information content (AvgIpc) is 3.00. The number of aromatic amines is 1. The first-order valence-corrected chi connectivity index (χ1v) is 8.43. The summed E-state index contributed by atoms with van der Waals surface area (Å²) in [5.41, 5.74) is 8.49. The van der Waals surface area contributed by atoms with Gasteiger partial charge in [0.15, 0.2) is 0 Å². The number of carbonyl (C=O) groups excluding carboxylic acids is 1. The number of H-pyrrole nitrogens is 1.